The van der Waals surface area contributed by atoms with E-state index in [2.05, 4.69) is 26.8 Å². The molecule has 0 bridgehead atoms. The lowest BCUT2D eigenvalue weighted by Gasteiger charge is -2.24. The van der Waals surface area contributed by atoms with Crippen LogP contribution in [0.4, 0.5) is 11.4 Å². The zero-order valence-electron chi connectivity index (χ0n) is 14.9. The van der Waals surface area contributed by atoms with Crippen molar-refractivity contribution in [3.8, 4) is 0 Å². The summed E-state index contributed by atoms with van der Waals surface area (Å²) >= 11 is 0. The molecule has 146 valence electrons. The maximum absolute atomic E-state index is 5.78. The third kappa shape index (κ3) is 7.79. The Bertz CT molecular complexity index is 452. The topological polar surface area (TPSA) is 35.7 Å². The standard InChI is InChI=1S/C18H30N4.3ClH/c19-17-5-7-18(8-6-17)22-14-4-13-21(15-16-22)12-3-11-20-9-1-2-10-20;;;/h5-8H,1-4,9-16,19H2;3*1H. The van der Waals surface area contributed by atoms with Crippen LogP contribution in [0, 0.1) is 0 Å². The number of hydrogen-bond donors (Lipinski definition) is 1. The number of nitrogens with two attached hydrogens (primary N) is 1. The van der Waals surface area contributed by atoms with E-state index in [4.69, 9.17) is 5.73 Å². The second-order valence-electron chi connectivity index (χ2n) is 6.68. The van der Waals surface area contributed by atoms with Crippen LogP contribution in [0.3, 0.4) is 0 Å². The number of benzene rings is 1. The van der Waals surface area contributed by atoms with E-state index in [-0.39, 0.29) is 37.2 Å². The minimum atomic E-state index is 0. The Morgan fingerprint density at radius 1 is 0.680 bits per heavy atom. The first-order valence-corrected chi connectivity index (χ1v) is 8.86. The molecule has 0 radical (unpaired) electrons. The van der Waals surface area contributed by atoms with Gasteiger partial charge in [0.25, 0.3) is 0 Å². The van der Waals surface area contributed by atoms with Crippen molar-refractivity contribution in [2.75, 3.05) is 63.0 Å². The average molecular weight is 412 g/mol. The predicted octanol–water partition coefficient (Wildman–Crippen LogP) is 3.53. The minimum absolute atomic E-state index is 0. The first-order chi connectivity index (χ1) is 10.8. The van der Waals surface area contributed by atoms with Gasteiger partial charge in [0.15, 0.2) is 0 Å². The zero-order valence-corrected chi connectivity index (χ0v) is 17.4. The van der Waals surface area contributed by atoms with Crippen molar-refractivity contribution < 1.29 is 0 Å². The molecule has 1 aromatic rings. The minimum Gasteiger partial charge on any atom is -0.399 e. The molecule has 0 aromatic heterocycles. The molecule has 25 heavy (non-hydrogen) atoms. The molecular formula is C18H33Cl3N4. The van der Waals surface area contributed by atoms with Crippen molar-refractivity contribution in [2.24, 2.45) is 0 Å². The molecule has 0 amide bonds. The molecule has 3 rings (SSSR count). The third-order valence-electron chi connectivity index (χ3n) is 4.99. The van der Waals surface area contributed by atoms with Gasteiger partial charge in [-0.3, -0.25) is 0 Å². The molecule has 2 aliphatic rings. The van der Waals surface area contributed by atoms with Gasteiger partial charge in [0.05, 0.1) is 0 Å². The van der Waals surface area contributed by atoms with Gasteiger partial charge in [0.2, 0.25) is 0 Å². The SMILES string of the molecule is Cl.Cl.Cl.Nc1ccc(N2CCCN(CCCN3CCCC3)CC2)cc1. The summed E-state index contributed by atoms with van der Waals surface area (Å²) in [5.41, 5.74) is 7.95. The Hall–Kier alpha value is -0.390. The van der Waals surface area contributed by atoms with E-state index in [0.29, 0.717) is 0 Å². The van der Waals surface area contributed by atoms with Gasteiger partial charge in [-0.1, -0.05) is 0 Å². The zero-order chi connectivity index (χ0) is 15.2. The van der Waals surface area contributed by atoms with Crippen molar-refractivity contribution >= 4 is 48.6 Å². The average Bonchev–Trinajstić information content (AvgIpc) is 2.93. The first kappa shape index (κ1) is 24.6. The number of halogens is 3. The highest BCUT2D eigenvalue weighted by atomic mass is 35.5. The van der Waals surface area contributed by atoms with E-state index in [1.807, 2.05) is 12.1 Å². The summed E-state index contributed by atoms with van der Waals surface area (Å²) in [6.45, 7) is 9.91. The summed E-state index contributed by atoms with van der Waals surface area (Å²) in [6, 6.07) is 8.32. The summed E-state index contributed by atoms with van der Waals surface area (Å²) in [5, 5.41) is 0. The molecule has 2 heterocycles. The molecule has 0 aliphatic carbocycles. The number of anilines is 2. The molecule has 0 spiro atoms. The van der Waals surface area contributed by atoms with Crippen LogP contribution < -0.4 is 10.6 Å². The van der Waals surface area contributed by atoms with E-state index in [9.17, 15) is 0 Å². The number of rotatable bonds is 5. The van der Waals surface area contributed by atoms with Crippen molar-refractivity contribution in [3.05, 3.63) is 24.3 Å². The number of nitrogen functional groups attached to an aromatic ring is 1. The van der Waals surface area contributed by atoms with Gasteiger partial charge < -0.3 is 20.4 Å². The molecule has 4 nitrogen and oxygen atoms in total. The fraction of sp³-hybridized carbons (Fsp3) is 0.667. The van der Waals surface area contributed by atoms with Crippen LogP contribution in [0.15, 0.2) is 24.3 Å². The highest BCUT2D eigenvalue weighted by Gasteiger charge is 2.16. The van der Waals surface area contributed by atoms with Gasteiger partial charge in [-0.05, 0) is 82.7 Å². The summed E-state index contributed by atoms with van der Waals surface area (Å²) in [7, 11) is 0. The molecule has 0 unspecified atom stereocenters. The molecule has 2 aliphatic heterocycles. The predicted molar refractivity (Wildman–Crippen MR) is 116 cm³/mol. The van der Waals surface area contributed by atoms with Gasteiger partial charge in [0, 0.05) is 31.0 Å². The lowest BCUT2D eigenvalue weighted by atomic mass is 10.2. The van der Waals surface area contributed by atoms with Crippen LogP contribution in [-0.4, -0.2) is 62.2 Å². The van der Waals surface area contributed by atoms with Gasteiger partial charge in [-0.25, -0.2) is 0 Å². The summed E-state index contributed by atoms with van der Waals surface area (Å²) in [6.07, 6.45) is 5.39. The summed E-state index contributed by atoms with van der Waals surface area (Å²) < 4.78 is 0. The van der Waals surface area contributed by atoms with Gasteiger partial charge >= 0.3 is 0 Å². The van der Waals surface area contributed by atoms with E-state index in [0.717, 1.165) is 18.8 Å². The van der Waals surface area contributed by atoms with Crippen molar-refractivity contribution in [1.82, 2.24) is 9.80 Å². The first-order valence-electron chi connectivity index (χ1n) is 8.86. The maximum Gasteiger partial charge on any atom is 0.0368 e. The normalized spacial score (nSPS) is 18.6. The highest BCUT2D eigenvalue weighted by molar-refractivity contribution is 5.86. The van der Waals surface area contributed by atoms with Crippen molar-refractivity contribution in [1.29, 1.82) is 0 Å². The molecule has 0 saturated carbocycles. The molecule has 2 saturated heterocycles. The second kappa shape index (κ2) is 12.9. The van der Waals surface area contributed by atoms with Crippen LogP contribution >= 0.6 is 37.2 Å². The summed E-state index contributed by atoms with van der Waals surface area (Å²) in [5.74, 6) is 0. The van der Waals surface area contributed by atoms with Crippen LogP contribution in [0.5, 0.6) is 0 Å². The smallest absolute Gasteiger partial charge is 0.0368 e. The fourth-order valence-corrected chi connectivity index (χ4v) is 3.66. The lowest BCUT2D eigenvalue weighted by molar-refractivity contribution is 0.257. The van der Waals surface area contributed by atoms with Crippen LogP contribution in [0.25, 0.3) is 0 Å². The monoisotopic (exact) mass is 410 g/mol. The Balaban J connectivity index is 0.00000192. The number of likely N-dealkylation sites (tertiary alicyclic amines) is 1. The number of nitrogens with zero attached hydrogens (tertiary/aromatic N) is 3. The largest absolute Gasteiger partial charge is 0.399 e. The second-order valence-corrected chi connectivity index (χ2v) is 6.68. The lowest BCUT2D eigenvalue weighted by Crippen LogP contribution is -2.33. The molecule has 2 fully saturated rings. The van der Waals surface area contributed by atoms with Crippen LogP contribution in [0.2, 0.25) is 0 Å². The van der Waals surface area contributed by atoms with Gasteiger partial charge in [0.1, 0.15) is 0 Å². The molecular weight excluding hydrogens is 379 g/mol. The van der Waals surface area contributed by atoms with E-state index >= 15 is 0 Å². The summed E-state index contributed by atoms with van der Waals surface area (Å²) in [4.78, 5) is 7.77. The molecule has 7 heteroatoms. The molecule has 2 N–H and O–H groups in total. The Kier molecular flexibility index (Phi) is 12.7. The van der Waals surface area contributed by atoms with Gasteiger partial charge in [-0.2, -0.15) is 0 Å². The van der Waals surface area contributed by atoms with Crippen molar-refractivity contribution in [2.45, 2.75) is 25.7 Å². The Morgan fingerprint density at radius 2 is 1.24 bits per heavy atom. The van der Waals surface area contributed by atoms with Crippen LogP contribution in [-0.2, 0) is 0 Å². The Labute approximate surface area is 171 Å². The quantitative estimate of drug-likeness (QED) is 0.752. The van der Waals surface area contributed by atoms with Crippen molar-refractivity contribution in [3.63, 3.8) is 0 Å². The highest BCUT2D eigenvalue weighted by Crippen LogP contribution is 2.18. The Morgan fingerprint density at radius 3 is 1.88 bits per heavy atom. The van der Waals surface area contributed by atoms with Crippen LogP contribution in [0.1, 0.15) is 25.7 Å². The van der Waals surface area contributed by atoms with E-state index < -0.39 is 0 Å². The third-order valence-corrected chi connectivity index (χ3v) is 4.99. The number of hydrogen-bond acceptors (Lipinski definition) is 4. The molecule has 0 atom stereocenters. The van der Waals surface area contributed by atoms with E-state index in [1.54, 1.807) is 0 Å². The molecule has 1 aromatic carbocycles. The maximum atomic E-state index is 5.78. The fourth-order valence-electron chi connectivity index (χ4n) is 3.66. The van der Waals surface area contributed by atoms with Gasteiger partial charge in [-0.15, -0.1) is 37.2 Å². The van der Waals surface area contributed by atoms with E-state index in [1.165, 1.54) is 70.6 Å².